The maximum absolute atomic E-state index is 13.9. The van der Waals surface area contributed by atoms with Gasteiger partial charge in [0, 0.05) is 16.6 Å². The fourth-order valence-corrected chi connectivity index (χ4v) is 6.30. The summed E-state index contributed by atoms with van der Waals surface area (Å²) < 4.78 is 5.27. The fraction of sp³-hybridized carbons (Fsp3) is 0.367. The zero-order valence-corrected chi connectivity index (χ0v) is 23.6. The van der Waals surface area contributed by atoms with E-state index in [1.54, 1.807) is 13.2 Å². The molecule has 2 aromatic carbocycles. The van der Waals surface area contributed by atoms with Gasteiger partial charge in [-0.05, 0) is 80.6 Å². The zero-order valence-electron chi connectivity index (χ0n) is 22.8. The molecule has 9 heteroatoms. The van der Waals surface area contributed by atoms with Crippen LogP contribution in [-0.4, -0.2) is 47.6 Å². The van der Waals surface area contributed by atoms with E-state index in [0.29, 0.717) is 22.0 Å². The summed E-state index contributed by atoms with van der Waals surface area (Å²) in [5, 5.41) is 15.4. The van der Waals surface area contributed by atoms with E-state index in [2.05, 4.69) is 10.6 Å². The highest BCUT2D eigenvalue weighted by molar-refractivity contribution is 7.18. The molecule has 1 fully saturated rings. The second-order valence-electron chi connectivity index (χ2n) is 10.1. The Balaban J connectivity index is 1.69. The van der Waals surface area contributed by atoms with Crippen molar-refractivity contribution in [3.63, 3.8) is 0 Å². The highest BCUT2D eigenvalue weighted by Crippen LogP contribution is 2.37. The van der Waals surface area contributed by atoms with Crippen LogP contribution in [0, 0.1) is 20.8 Å². The van der Waals surface area contributed by atoms with Crippen LogP contribution in [0.25, 0.3) is 10.4 Å². The maximum Gasteiger partial charge on any atom is 0.323 e. The molecule has 3 aromatic rings. The Hall–Kier alpha value is -3.85. The minimum Gasteiger partial charge on any atom is -0.497 e. The Labute approximate surface area is 233 Å². The van der Waals surface area contributed by atoms with Crippen molar-refractivity contribution in [1.29, 1.82) is 0 Å². The van der Waals surface area contributed by atoms with Crippen molar-refractivity contribution < 1.29 is 24.2 Å². The monoisotopic (exact) mass is 549 g/mol. The molecule has 0 radical (unpaired) electrons. The molecule has 8 nitrogen and oxygen atoms in total. The molecule has 206 valence electrons. The van der Waals surface area contributed by atoms with Crippen molar-refractivity contribution in [3.8, 4) is 16.2 Å². The van der Waals surface area contributed by atoms with E-state index in [4.69, 9.17) is 4.74 Å². The number of hydrogen-bond acceptors (Lipinski definition) is 5. The number of benzene rings is 2. The van der Waals surface area contributed by atoms with Crippen LogP contribution in [0.2, 0.25) is 0 Å². The van der Waals surface area contributed by atoms with Crippen LogP contribution >= 0.6 is 11.3 Å². The van der Waals surface area contributed by atoms with Gasteiger partial charge in [-0.15, -0.1) is 11.3 Å². The molecule has 0 aliphatic heterocycles. The molecule has 39 heavy (non-hydrogen) atoms. The lowest BCUT2D eigenvalue weighted by Crippen LogP contribution is -2.44. The van der Waals surface area contributed by atoms with Gasteiger partial charge in [0.1, 0.15) is 17.2 Å². The molecule has 1 aliphatic carbocycles. The number of nitrogens with one attached hydrogen (secondary N) is 2. The SMILES string of the molecule is COc1ccc(-c2cc(NC(=O)Nc3c(C)cc(C)cc3C)c(C(=O)N(CC(=O)O)C3CCCCC3)s2)cc1. The minimum atomic E-state index is -1.06. The third-order valence-corrected chi connectivity index (χ3v) is 8.22. The Morgan fingerprint density at radius 1 is 0.974 bits per heavy atom. The highest BCUT2D eigenvalue weighted by Gasteiger charge is 2.31. The number of hydrogen-bond donors (Lipinski definition) is 3. The first-order valence-electron chi connectivity index (χ1n) is 13.1. The molecular weight excluding hydrogens is 514 g/mol. The van der Waals surface area contributed by atoms with Gasteiger partial charge in [-0.2, -0.15) is 0 Å². The maximum atomic E-state index is 13.9. The van der Waals surface area contributed by atoms with Crippen LogP contribution in [0.4, 0.5) is 16.2 Å². The molecule has 1 aromatic heterocycles. The van der Waals surface area contributed by atoms with E-state index in [1.807, 2.05) is 57.2 Å². The first kappa shape index (κ1) is 28.2. The highest BCUT2D eigenvalue weighted by atomic mass is 32.1. The van der Waals surface area contributed by atoms with Gasteiger partial charge in [-0.1, -0.05) is 37.0 Å². The predicted octanol–water partition coefficient (Wildman–Crippen LogP) is 6.85. The van der Waals surface area contributed by atoms with Gasteiger partial charge in [0.25, 0.3) is 5.91 Å². The van der Waals surface area contributed by atoms with Gasteiger partial charge in [0.2, 0.25) is 0 Å². The molecule has 1 saturated carbocycles. The van der Waals surface area contributed by atoms with E-state index in [-0.39, 0.29) is 18.5 Å². The molecule has 1 aliphatic rings. The molecule has 0 spiro atoms. The van der Waals surface area contributed by atoms with Crippen LogP contribution in [0.15, 0.2) is 42.5 Å². The lowest BCUT2D eigenvalue weighted by atomic mass is 9.94. The summed E-state index contributed by atoms with van der Waals surface area (Å²) in [4.78, 5) is 41.4. The number of aryl methyl sites for hydroxylation is 3. The number of amides is 3. The van der Waals surface area contributed by atoms with Crippen LogP contribution in [0.5, 0.6) is 5.75 Å². The number of carboxylic acids is 1. The van der Waals surface area contributed by atoms with Crippen molar-refractivity contribution in [2.75, 3.05) is 24.3 Å². The smallest absolute Gasteiger partial charge is 0.323 e. The first-order valence-corrected chi connectivity index (χ1v) is 13.9. The number of nitrogens with zero attached hydrogens (tertiary/aromatic N) is 1. The number of carboxylic acid groups (broad SMARTS) is 1. The molecule has 4 rings (SSSR count). The van der Waals surface area contributed by atoms with Crippen LogP contribution < -0.4 is 15.4 Å². The van der Waals surface area contributed by atoms with Crippen LogP contribution in [0.3, 0.4) is 0 Å². The molecule has 0 atom stereocenters. The molecule has 3 amide bonds. The second-order valence-corrected chi connectivity index (χ2v) is 11.1. The molecule has 1 heterocycles. The second kappa shape index (κ2) is 12.3. The van der Waals surface area contributed by atoms with Crippen molar-refractivity contribution in [1.82, 2.24) is 4.90 Å². The molecule has 0 bridgehead atoms. The zero-order chi connectivity index (χ0) is 28.1. The van der Waals surface area contributed by atoms with E-state index in [1.165, 1.54) is 16.2 Å². The minimum absolute atomic E-state index is 0.145. The summed E-state index contributed by atoms with van der Waals surface area (Å²) in [5.74, 6) is -0.733. The lowest BCUT2D eigenvalue weighted by Gasteiger charge is -2.33. The predicted molar refractivity (Wildman–Crippen MR) is 155 cm³/mol. The summed E-state index contributed by atoms with van der Waals surface area (Å²) in [5.41, 5.74) is 4.90. The largest absolute Gasteiger partial charge is 0.497 e. The third kappa shape index (κ3) is 6.78. The quantitative estimate of drug-likeness (QED) is 0.285. The number of ether oxygens (including phenoxy) is 1. The Morgan fingerprint density at radius 3 is 2.21 bits per heavy atom. The summed E-state index contributed by atoms with van der Waals surface area (Å²) >= 11 is 1.24. The van der Waals surface area contributed by atoms with Crippen molar-refractivity contribution in [2.24, 2.45) is 0 Å². The van der Waals surface area contributed by atoms with Crippen LogP contribution in [0.1, 0.15) is 58.5 Å². The number of aliphatic carboxylic acids is 1. The summed E-state index contributed by atoms with van der Waals surface area (Å²) in [6.07, 6.45) is 4.53. The standard InChI is InChI=1S/C30H35N3O5S/c1-18-14-19(2)27(20(3)15-18)32-30(37)31-24-16-25(21-10-12-23(38-4)13-11-21)39-28(24)29(36)33(17-26(34)35)22-8-6-5-7-9-22/h10-16,22H,5-9,17H2,1-4H3,(H,34,35)(H2,31,32,37). The van der Waals surface area contributed by atoms with E-state index in [0.717, 1.165) is 59.2 Å². The number of carbonyl (C=O) groups is 3. The first-order chi connectivity index (χ1) is 18.7. The Morgan fingerprint density at radius 2 is 1.62 bits per heavy atom. The average molecular weight is 550 g/mol. The number of methoxy groups -OCH3 is 1. The van der Waals surface area contributed by atoms with Crippen molar-refractivity contribution >= 4 is 40.6 Å². The van der Waals surface area contributed by atoms with E-state index in [9.17, 15) is 19.5 Å². The number of urea groups is 1. The number of rotatable bonds is 8. The van der Waals surface area contributed by atoms with E-state index < -0.39 is 12.0 Å². The molecule has 0 saturated heterocycles. The third-order valence-electron chi connectivity index (χ3n) is 7.05. The van der Waals surface area contributed by atoms with Gasteiger partial charge in [0.05, 0.1) is 12.8 Å². The van der Waals surface area contributed by atoms with Crippen LogP contribution in [-0.2, 0) is 4.79 Å². The fourth-order valence-electron chi connectivity index (χ4n) is 5.22. The summed E-state index contributed by atoms with van der Waals surface area (Å²) in [7, 11) is 1.59. The van der Waals surface area contributed by atoms with Gasteiger partial charge in [-0.3, -0.25) is 9.59 Å². The average Bonchev–Trinajstić information content (AvgIpc) is 3.33. The molecular formula is C30H35N3O5S. The van der Waals surface area contributed by atoms with Crippen molar-refractivity contribution in [3.05, 3.63) is 64.0 Å². The molecule has 3 N–H and O–H groups in total. The summed E-state index contributed by atoms with van der Waals surface area (Å²) in [6, 6.07) is 12.6. The van der Waals surface area contributed by atoms with Crippen molar-refractivity contribution in [2.45, 2.75) is 58.9 Å². The summed E-state index contributed by atoms with van der Waals surface area (Å²) in [6.45, 7) is 5.49. The van der Waals surface area contributed by atoms with Gasteiger partial charge >= 0.3 is 12.0 Å². The van der Waals surface area contributed by atoms with Gasteiger partial charge < -0.3 is 25.4 Å². The topological polar surface area (TPSA) is 108 Å². The lowest BCUT2D eigenvalue weighted by molar-refractivity contribution is -0.138. The number of carbonyl (C=O) groups excluding carboxylic acids is 2. The molecule has 0 unspecified atom stereocenters. The van der Waals surface area contributed by atoms with Gasteiger partial charge in [0.15, 0.2) is 0 Å². The Kier molecular flexibility index (Phi) is 8.91. The Bertz CT molecular complexity index is 1340. The van der Waals surface area contributed by atoms with Gasteiger partial charge in [-0.25, -0.2) is 4.79 Å². The van der Waals surface area contributed by atoms with E-state index >= 15 is 0 Å². The number of anilines is 2. The number of thiophene rings is 1. The normalized spacial score (nSPS) is 13.5.